The fraction of sp³-hybridized carbons (Fsp3) is 0.211. The molecule has 0 saturated carbocycles. The van der Waals surface area contributed by atoms with E-state index in [1.54, 1.807) is 47.8 Å². The molecule has 2 heterocycles. The second-order valence-electron chi connectivity index (χ2n) is 6.13. The van der Waals surface area contributed by atoms with Gasteiger partial charge in [0, 0.05) is 11.4 Å². The van der Waals surface area contributed by atoms with E-state index in [9.17, 15) is 27.6 Å². The Labute approximate surface area is 172 Å². The van der Waals surface area contributed by atoms with Crippen molar-refractivity contribution in [1.82, 2.24) is 9.80 Å². The summed E-state index contributed by atoms with van der Waals surface area (Å²) in [5, 5.41) is 1.12. The molecule has 1 fully saturated rings. The molecular formula is C19H15F3N2O3S2. The molecule has 1 aromatic heterocycles. The first-order valence-electron chi connectivity index (χ1n) is 8.40. The van der Waals surface area contributed by atoms with E-state index in [1.807, 2.05) is 0 Å². The van der Waals surface area contributed by atoms with Crippen LogP contribution in [0.2, 0.25) is 0 Å². The molecule has 29 heavy (non-hydrogen) atoms. The summed E-state index contributed by atoms with van der Waals surface area (Å²) in [4.78, 5) is 39.4. The van der Waals surface area contributed by atoms with Gasteiger partial charge in [0.05, 0.1) is 4.91 Å². The number of alkyl halides is 3. The molecule has 0 aliphatic carbocycles. The molecule has 2 aromatic rings. The molecule has 3 amide bonds. The van der Waals surface area contributed by atoms with Crippen LogP contribution in [0.25, 0.3) is 6.08 Å². The van der Waals surface area contributed by atoms with Gasteiger partial charge in [-0.3, -0.25) is 19.3 Å². The number of halogens is 3. The van der Waals surface area contributed by atoms with Crippen molar-refractivity contribution in [2.24, 2.45) is 0 Å². The zero-order chi connectivity index (χ0) is 21.0. The molecule has 0 N–H and O–H groups in total. The first kappa shape index (κ1) is 21.1. The number of benzene rings is 1. The SMILES string of the molecule is O=C(CN1C(=O)S/C(=C\c2cccs2)C1=O)N(Cc1ccccc1)CC(F)(F)F. The average molecular weight is 440 g/mol. The fourth-order valence-electron chi connectivity index (χ4n) is 2.63. The third-order valence-electron chi connectivity index (χ3n) is 3.92. The number of nitrogens with zero attached hydrogens (tertiary/aromatic N) is 2. The monoisotopic (exact) mass is 440 g/mol. The summed E-state index contributed by atoms with van der Waals surface area (Å²) in [7, 11) is 0. The number of carbonyl (C=O) groups is 3. The number of carbonyl (C=O) groups excluding carboxylic acids is 3. The lowest BCUT2D eigenvalue weighted by molar-refractivity contribution is -0.163. The van der Waals surface area contributed by atoms with Crippen LogP contribution < -0.4 is 0 Å². The molecule has 0 spiro atoms. The number of hydrogen-bond acceptors (Lipinski definition) is 5. The molecule has 152 valence electrons. The van der Waals surface area contributed by atoms with Gasteiger partial charge in [0.1, 0.15) is 13.1 Å². The molecule has 1 aliphatic heterocycles. The summed E-state index contributed by atoms with van der Waals surface area (Å²) in [6.45, 7) is -2.49. The van der Waals surface area contributed by atoms with Crippen molar-refractivity contribution in [2.75, 3.05) is 13.1 Å². The standard InChI is InChI=1S/C19H15F3N2O3S2/c20-19(21,22)12-23(10-13-5-2-1-3-6-13)16(25)11-24-17(26)15(29-18(24)27)9-14-7-4-8-28-14/h1-9H,10-12H2/b15-9-. The van der Waals surface area contributed by atoms with Crippen LogP contribution in [-0.2, 0) is 16.1 Å². The van der Waals surface area contributed by atoms with E-state index in [0.29, 0.717) is 27.1 Å². The lowest BCUT2D eigenvalue weighted by Crippen LogP contribution is -2.45. The number of imide groups is 1. The van der Waals surface area contributed by atoms with Crippen LogP contribution in [-0.4, -0.2) is 46.1 Å². The van der Waals surface area contributed by atoms with Crippen LogP contribution in [0, 0.1) is 0 Å². The number of rotatable bonds is 6. The van der Waals surface area contributed by atoms with Gasteiger partial charge in [-0.15, -0.1) is 11.3 Å². The minimum atomic E-state index is -4.61. The van der Waals surface area contributed by atoms with E-state index in [-0.39, 0.29) is 11.4 Å². The third-order valence-corrected chi connectivity index (χ3v) is 5.65. The van der Waals surface area contributed by atoms with E-state index >= 15 is 0 Å². The Morgan fingerprint density at radius 1 is 1.10 bits per heavy atom. The number of thiophene rings is 1. The Hall–Kier alpha value is -2.59. The normalized spacial score (nSPS) is 16.0. The Kier molecular flexibility index (Phi) is 6.43. The Morgan fingerprint density at radius 3 is 2.45 bits per heavy atom. The zero-order valence-electron chi connectivity index (χ0n) is 14.9. The molecule has 10 heteroatoms. The molecule has 1 aromatic carbocycles. The van der Waals surface area contributed by atoms with Crippen molar-refractivity contribution < 1.29 is 27.6 Å². The molecule has 0 bridgehead atoms. The van der Waals surface area contributed by atoms with Crippen molar-refractivity contribution in [3.8, 4) is 0 Å². The van der Waals surface area contributed by atoms with Crippen molar-refractivity contribution in [3.63, 3.8) is 0 Å². The van der Waals surface area contributed by atoms with E-state index in [1.165, 1.54) is 17.4 Å². The van der Waals surface area contributed by atoms with Crippen molar-refractivity contribution >= 4 is 46.2 Å². The highest BCUT2D eigenvalue weighted by Crippen LogP contribution is 2.33. The molecule has 0 unspecified atom stereocenters. The largest absolute Gasteiger partial charge is 0.406 e. The minimum Gasteiger partial charge on any atom is -0.328 e. The van der Waals surface area contributed by atoms with Gasteiger partial charge >= 0.3 is 6.18 Å². The van der Waals surface area contributed by atoms with Gasteiger partial charge < -0.3 is 4.90 Å². The van der Waals surface area contributed by atoms with Gasteiger partial charge in [-0.05, 0) is 34.8 Å². The fourth-order valence-corrected chi connectivity index (χ4v) is 4.19. The molecule has 0 radical (unpaired) electrons. The van der Waals surface area contributed by atoms with E-state index < -0.39 is 36.3 Å². The van der Waals surface area contributed by atoms with Crippen LogP contribution in [0.5, 0.6) is 0 Å². The summed E-state index contributed by atoms with van der Waals surface area (Å²) < 4.78 is 38.9. The van der Waals surface area contributed by atoms with E-state index in [0.717, 1.165) is 4.88 Å². The maximum Gasteiger partial charge on any atom is 0.406 e. The van der Waals surface area contributed by atoms with Gasteiger partial charge in [-0.1, -0.05) is 36.4 Å². The smallest absolute Gasteiger partial charge is 0.328 e. The average Bonchev–Trinajstić information content (AvgIpc) is 3.25. The summed E-state index contributed by atoms with van der Waals surface area (Å²) in [6.07, 6.45) is -3.08. The summed E-state index contributed by atoms with van der Waals surface area (Å²) in [5.41, 5.74) is 0.511. The van der Waals surface area contributed by atoms with Crippen molar-refractivity contribution in [1.29, 1.82) is 0 Å². The summed E-state index contributed by atoms with van der Waals surface area (Å²) in [6, 6.07) is 11.7. The molecule has 5 nitrogen and oxygen atoms in total. The minimum absolute atomic E-state index is 0.135. The van der Waals surface area contributed by atoms with E-state index in [2.05, 4.69) is 0 Å². The van der Waals surface area contributed by atoms with Crippen LogP contribution >= 0.6 is 23.1 Å². The molecule has 0 atom stereocenters. The predicted octanol–water partition coefficient (Wildman–Crippen LogP) is 4.38. The maximum atomic E-state index is 13.0. The number of amides is 3. The zero-order valence-corrected chi connectivity index (χ0v) is 16.5. The molecule has 3 rings (SSSR count). The van der Waals surface area contributed by atoms with Gasteiger partial charge in [0.15, 0.2) is 0 Å². The first-order valence-corrected chi connectivity index (χ1v) is 10.1. The van der Waals surface area contributed by atoms with Crippen molar-refractivity contribution in [3.05, 3.63) is 63.2 Å². The second-order valence-corrected chi connectivity index (χ2v) is 8.11. The quantitative estimate of drug-likeness (QED) is 0.626. The Bertz CT molecular complexity index is 928. The van der Waals surface area contributed by atoms with Crippen LogP contribution in [0.15, 0.2) is 52.7 Å². The second kappa shape index (κ2) is 8.83. The Balaban J connectivity index is 1.74. The lowest BCUT2D eigenvalue weighted by Gasteiger charge is -2.25. The van der Waals surface area contributed by atoms with E-state index in [4.69, 9.17) is 0 Å². The number of thioether (sulfide) groups is 1. The van der Waals surface area contributed by atoms with Gasteiger partial charge in [0.25, 0.3) is 11.1 Å². The lowest BCUT2D eigenvalue weighted by atomic mass is 10.2. The van der Waals surface area contributed by atoms with Gasteiger partial charge in [0.2, 0.25) is 5.91 Å². The molecule has 1 aliphatic rings. The van der Waals surface area contributed by atoms with Gasteiger partial charge in [-0.25, -0.2) is 0 Å². The molecular weight excluding hydrogens is 425 g/mol. The maximum absolute atomic E-state index is 13.0. The summed E-state index contributed by atoms with van der Waals surface area (Å²) >= 11 is 2.03. The first-order chi connectivity index (χ1) is 13.7. The highest BCUT2D eigenvalue weighted by molar-refractivity contribution is 8.18. The van der Waals surface area contributed by atoms with Crippen LogP contribution in [0.4, 0.5) is 18.0 Å². The highest BCUT2D eigenvalue weighted by Gasteiger charge is 2.39. The van der Waals surface area contributed by atoms with Crippen LogP contribution in [0.1, 0.15) is 10.4 Å². The third kappa shape index (κ3) is 5.70. The topological polar surface area (TPSA) is 57.7 Å². The van der Waals surface area contributed by atoms with Gasteiger partial charge in [-0.2, -0.15) is 13.2 Å². The molecule has 1 saturated heterocycles. The Morgan fingerprint density at radius 2 is 1.83 bits per heavy atom. The predicted molar refractivity (Wildman–Crippen MR) is 105 cm³/mol. The number of hydrogen-bond donors (Lipinski definition) is 0. The summed E-state index contributed by atoms with van der Waals surface area (Å²) in [5.74, 6) is -1.64. The van der Waals surface area contributed by atoms with Crippen molar-refractivity contribution in [2.45, 2.75) is 12.7 Å². The highest BCUT2D eigenvalue weighted by atomic mass is 32.2. The van der Waals surface area contributed by atoms with Crippen LogP contribution in [0.3, 0.4) is 0 Å².